The first kappa shape index (κ1) is 11.5. The molecule has 0 unspecified atom stereocenters. The zero-order valence-electron chi connectivity index (χ0n) is 8.20. The molecule has 0 saturated carbocycles. The lowest BCUT2D eigenvalue weighted by atomic mass is 10.4. The molecule has 0 amide bonds. The molecule has 78 valence electrons. The van der Waals surface area contributed by atoms with Gasteiger partial charge in [0.2, 0.25) is 0 Å². The molecule has 0 atom stereocenters. The Morgan fingerprint density at radius 3 is 3.14 bits per heavy atom. The number of oxime groups is 1. The summed E-state index contributed by atoms with van der Waals surface area (Å²) in [6.45, 7) is 2.76. The highest BCUT2D eigenvalue weighted by molar-refractivity contribution is 7.10. The number of nitrogens with zero attached hydrogens (tertiary/aromatic N) is 1. The van der Waals surface area contributed by atoms with E-state index in [9.17, 15) is 0 Å². The van der Waals surface area contributed by atoms with Gasteiger partial charge in [0.15, 0.2) is 5.17 Å². The van der Waals surface area contributed by atoms with Crippen LogP contribution in [0.2, 0.25) is 0 Å². The fourth-order valence-corrected chi connectivity index (χ4v) is 1.89. The molecule has 0 spiro atoms. The van der Waals surface area contributed by atoms with E-state index in [4.69, 9.17) is 16.4 Å². The Kier molecular flexibility index (Phi) is 5.64. The summed E-state index contributed by atoms with van der Waals surface area (Å²) in [7, 11) is 0. The summed E-state index contributed by atoms with van der Waals surface area (Å²) in [5, 5.41) is 6.37. The molecule has 0 fully saturated rings. The molecule has 4 heteroatoms. The number of hydrogen-bond acceptors (Lipinski definition) is 3. The Balaban J connectivity index is 2.23. The summed E-state index contributed by atoms with van der Waals surface area (Å²) >= 11 is 7.56. The average molecular weight is 232 g/mol. The van der Waals surface area contributed by atoms with E-state index < -0.39 is 0 Å². The van der Waals surface area contributed by atoms with Crippen molar-refractivity contribution in [2.75, 3.05) is 6.61 Å². The van der Waals surface area contributed by atoms with E-state index in [2.05, 4.69) is 12.1 Å². The van der Waals surface area contributed by atoms with Crippen molar-refractivity contribution < 1.29 is 4.84 Å². The summed E-state index contributed by atoms with van der Waals surface area (Å²) in [5.41, 5.74) is 0. The quantitative estimate of drug-likeness (QED) is 0.416. The molecule has 14 heavy (non-hydrogen) atoms. The maximum absolute atomic E-state index is 5.88. The highest BCUT2D eigenvalue weighted by atomic mass is 35.5. The van der Waals surface area contributed by atoms with Crippen molar-refractivity contribution in [3.05, 3.63) is 22.4 Å². The summed E-state index contributed by atoms with van der Waals surface area (Å²) < 4.78 is 0. The lowest BCUT2D eigenvalue weighted by molar-refractivity contribution is 0.141. The van der Waals surface area contributed by atoms with Crippen LogP contribution in [0.4, 0.5) is 0 Å². The van der Waals surface area contributed by atoms with Crippen LogP contribution in [0.25, 0.3) is 0 Å². The molecule has 2 nitrogen and oxygen atoms in total. The van der Waals surface area contributed by atoms with Crippen LogP contribution in [-0.4, -0.2) is 11.8 Å². The van der Waals surface area contributed by atoms with Gasteiger partial charge in [-0.15, -0.1) is 11.3 Å². The number of rotatable bonds is 6. The number of halogens is 1. The Morgan fingerprint density at radius 2 is 2.50 bits per heavy atom. The monoisotopic (exact) mass is 231 g/mol. The molecular weight excluding hydrogens is 218 g/mol. The van der Waals surface area contributed by atoms with Crippen molar-refractivity contribution in [1.29, 1.82) is 0 Å². The second-order valence-corrected chi connectivity index (χ2v) is 4.38. The molecule has 0 N–H and O–H groups in total. The Morgan fingerprint density at radius 1 is 1.64 bits per heavy atom. The van der Waals surface area contributed by atoms with Gasteiger partial charge in [0.1, 0.15) is 6.61 Å². The molecule has 1 aromatic heterocycles. The van der Waals surface area contributed by atoms with Crippen LogP contribution >= 0.6 is 22.9 Å². The van der Waals surface area contributed by atoms with Crippen molar-refractivity contribution in [2.45, 2.75) is 26.2 Å². The van der Waals surface area contributed by atoms with Gasteiger partial charge in [-0.1, -0.05) is 36.2 Å². The molecule has 1 heterocycles. The summed E-state index contributed by atoms with van der Waals surface area (Å²) in [4.78, 5) is 6.25. The molecular formula is C10H14ClNOS. The standard InChI is InChI=1S/C10H14ClNOS/c1-2-3-6-13-12-10(11)8-9-5-4-7-14-9/h4-5,7H,2-3,6,8H2,1H3. The Hall–Kier alpha value is -0.540. The summed E-state index contributed by atoms with van der Waals surface area (Å²) in [5.74, 6) is 0. The molecule has 0 aromatic carbocycles. The molecule has 0 aliphatic carbocycles. The maximum Gasteiger partial charge on any atom is 0.150 e. The van der Waals surface area contributed by atoms with Gasteiger partial charge in [-0.2, -0.15) is 0 Å². The van der Waals surface area contributed by atoms with E-state index in [1.54, 1.807) is 11.3 Å². The van der Waals surface area contributed by atoms with E-state index in [1.807, 2.05) is 17.5 Å². The lowest BCUT2D eigenvalue weighted by Gasteiger charge is -1.98. The molecule has 0 bridgehead atoms. The van der Waals surface area contributed by atoms with Crippen LogP contribution in [0.5, 0.6) is 0 Å². The average Bonchev–Trinajstić information content (AvgIpc) is 2.65. The first-order chi connectivity index (χ1) is 6.83. The minimum absolute atomic E-state index is 0.517. The minimum atomic E-state index is 0.517. The highest BCUT2D eigenvalue weighted by Gasteiger charge is 1.99. The van der Waals surface area contributed by atoms with Gasteiger partial charge in [0, 0.05) is 11.3 Å². The maximum atomic E-state index is 5.88. The zero-order valence-corrected chi connectivity index (χ0v) is 9.77. The van der Waals surface area contributed by atoms with Crippen LogP contribution < -0.4 is 0 Å². The summed E-state index contributed by atoms with van der Waals surface area (Å²) in [6, 6.07) is 4.04. The first-order valence-corrected chi connectivity index (χ1v) is 5.95. The van der Waals surface area contributed by atoms with Gasteiger partial charge < -0.3 is 4.84 Å². The van der Waals surface area contributed by atoms with Crippen LogP contribution in [-0.2, 0) is 11.3 Å². The second-order valence-electron chi connectivity index (χ2n) is 2.91. The van der Waals surface area contributed by atoms with E-state index in [0.29, 0.717) is 18.2 Å². The smallest absolute Gasteiger partial charge is 0.150 e. The fraction of sp³-hybridized carbons (Fsp3) is 0.500. The van der Waals surface area contributed by atoms with Crippen LogP contribution in [0.1, 0.15) is 24.6 Å². The Bertz CT molecular complexity index is 272. The van der Waals surface area contributed by atoms with Gasteiger partial charge in [-0.3, -0.25) is 0 Å². The normalized spacial score (nSPS) is 11.7. The number of thiophene rings is 1. The number of hydrogen-bond donors (Lipinski definition) is 0. The third kappa shape index (κ3) is 4.63. The molecule has 0 saturated heterocycles. The van der Waals surface area contributed by atoms with Crippen molar-refractivity contribution >= 4 is 28.1 Å². The zero-order chi connectivity index (χ0) is 10.2. The first-order valence-electron chi connectivity index (χ1n) is 4.69. The van der Waals surface area contributed by atoms with Crippen molar-refractivity contribution in [3.8, 4) is 0 Å². The van der Waals surface area contributed by atoms with Crippen LogP contribution in [0.15, 0.2) is 22.7 Å². The van der Waals surface area contributed by atoms with Gasteiger partial charge in [-0.25, -0.2) is 0 Å². The van der Waals surface area contributed by atoms with E-state index in [0.717, 1.165) is 12.8 Å². The van der Waals surface area contributed by atoms with Crippen molar-refractivity contribution in [3.63, 3.8) is 0 Å². The largest absolute Gasteiger partial charge is 0.395 e. The number of unbranched alkanes of at least 4 members (excludes halogenated alkanes) is 1. The van der Waals surface area contributed by atoms with Crippen LogP contribution in [0, 0.1) is 0 Å². The fourth-order valence-electron chi connectivity index (χ4n) is 0.914. The third-order valence-electron chi connectivity index (χ3n) is 1.65. The lowest BCUT2D eigenvalue weighted by Crippen LogP contribution is -1.95. The van der Waals surface area contributed by atoms with Gasteiger partial charge >= 0.3 is 0 Å². The minimum Gasteiger partial charge on any atom is -0.395 e. The highest BCUT2D eigenvalue weighted by Crippen LogP contribution is 2.11. The van der Waals surface area contributed by atoms with Crippen molar-refractivity contribution in [1.82, 2.24) is 0 Å². The molecule has 0 aliphatic heterocycles. The predicted molar refractivity (Wildman–Crippen MR) is 62.2 cm³/mol. The molecule has 1 rings (SSSR count). The predicted octanol–water partition coefficient (Wildman–Crippen LogP) is 3.66. The van der Waals surface area contributed by atoms with Gasteiger partial charge in [0.05, 0.1) is 0 Å². The van der Waals surface area contributed by atoms with E-state index in [-0.39, 0.29) is 0 Å². The van der Waals surface area contributed by atoms with E-state index >= 15 is 0 Å². The Labute approximate surface area is 93.5 Å². The topological polar surface area (TPSA) is 21.6 Å². The van der Waals surface area contributed by atoms with Gasteiger partial charge in [0.25, 0.3) is 0 Å². The second kappa shape index (κ2) is 6.85. The van der Waals surface area contributed by atoms with Crippen LogP contribution in [0.3, 0.4) is 0 Å². The summed E-state index contributed by atoms with van der Waals surface area (Å²) in [6.07, 6.45) is 2.80. The third-order valence-corrected chi connectivity index (χ3v) is 2.73. The SMILES string of the molecule is CCCCON=C(Cl)Cc1cccs1. The van der Waals surface area contributed by atoms with E-state index in [1.165, 1.54) is 4.88 Å². The molecule has 0 aliphatic rings. The van der Waals surface area contributed by atoms with Gasteiger partial charge in [-0.05, 0) is 17.9 Å². The van der Waals surface area contributed by atoms with Crippen molar-refractivity contribution in [2.24, 2.45) is 5.16 Å². The molecule has 0 radical (unpaired) electrons. The molecule has 1 aromatic rings.